The molecular formula is C27H22N2. The summed E-state index contributed by atoms with van der Waals surface area (Å²) in [4.78, 5) is 4.24. The van der Waals surface area contributed by atoms with Gasteiger partial charge in [0, 0.05) is 18.3 Å². The molecule has 2 nitrogen and oxygen atoms in total. The number of imidazole rings is 1. The van der Waals surface area contributed by atoms with Gasteiger partial charge in [-0.05, 0) is 63.6 Å². The lowest BCUT2D eigenvalue weighted by Gasteiger charge is -2.24. The number of aryl methyl sites for hydroxylation is 1. The highest BCUT2D eigenvalue weighted by molar-refractivity contribution is 5.74. The maximum Gasteiger partial charge on any atom is 0.0991 e. The number of nitrogens with zero attached hydrogens (tertiary/aromatic N) is 2. The lowest BCUT2D eigenvalue weighted by Crippen LogP contribution is -2.34. The van der Waals surface area contributed by atoms with Crippen LogP contribution in [0, 0.1) is 0 Å². The van der Waals surface area contributed by atoms with Crippen molar-refractivity contribution in [2.75, 3.05) is 0 Å². The monoisotopic (exact) mass is 374 g/mol. The Labute approximate surface area is 170 Å². The van der Waals surface area contributed by atoms with Crippen molar-refractivity contribution in [1.29, 1.82) is 0 Å². The summed E-state index contributed by atoms with van der Waals surface area (Å²) in [5.74, 6) is 0.379. The molecule has 3 aromatic carbocycles. The number of benzene rings is 3. The highest BCUT2D eigenvalue weighted by atomic mass is 15.0. The van der Waals surface area contributed by atoms with E-state index < -0.39 is 0 Å². The minimum atomic E-state index is 0.379. The van der Waals surface area contributed by atoms with Gasteiger partial charge in [0.1, 0.15) is 0 Å². The summed E-state index contributed by atoms with van der Waals surface area (Å²) in [6.07, 6.45) is 14.0. The van der Waals surface area contributed by atoms with E-state index in [1.165, 1.54) is 43.9 Å². The van der Waals surface area contributed by atoms with Crippen LogP contribution in [0.25, 0.3) is 29.0 Å². The topological polar surface area (TPSA) is 17.8 Å². The third-order valence-corrected chi connectivity index (χ3v) is 6.42. The van der Waals surface area contributed by atoms with Gasteiger partial charge in [0.2, 0.25) is 0 Å². The number of hydrogen-bond acceptors (Lipinski definition) is 1. The Kier molecular flexibility index (Phi) is 3.76. The van der Waals surface area contributed by atoms with Crippen LogP contribution < -0.4 is 10.4 Å². The molecule has 2 heteroatoms. The fraction of sp³-hybridized carbons (Fsp3) is 0.148. The third-order valence-electron chi connectivity index (χ3n) is 6.42. The largest absolute Gasteiger partial charge is 0.306 e. The lowest BCUT2D eigenvalue weighted by atomic mass is 9.81. The van der Waals surface area contributed by atoms with E-state index in [-0.39, 0.29) is 0 Å². The summed E-state index contributed by atoms with van der Waals surface area (Å²) < 4.78 is 2.12. The molecule has 0 spiro atoms. The standard InChI is InChI=1S/C27H22N2/c1-2-6-22-19(5-1)11-14-25-24(22)13-12-20-9-10-21(17-26(20)25)23-7-3-4-8-27(23)29-16-15-28-18-29/h1-9,12-13,15-18,21H,10-11,14H2. The van der Waals surface area contributed by atoms with E-state index in [2.05, 4.69) is 82.4 Å². The Morgan fingerprint density at radius 2 is 1.76 bits per heavy atom. The predicted octanol–water partition coefficient (Wildman–Crippen LogP) is 4.39. The second-order valence-electron chi connectivity index (χ2n) is 7.99. The molecule has 140 valence electrons. The quantitative estimate of drug-likeness (QED) is 0.509. The molecular weight excluding hydrogens is 352 g/mol. The van der Waals surface area contributed by atoms with Crippen LogP contribution in [-0.2, 0) is 12.8 Å². The second kappa shape index (κ2) is 6.59. The van der Waals surface area contributed by atoms with Crippen molar-refractivity contribution in [3.8, 4) is 16.8 Å². The Hall–Kier alpha value is -3.39. The van der Waals surface area contributed by atoms with Crippen LogP contribution in [-0.4, -0.2) is 9.55 Å². The zero-order valence-electron chi connectivity index (χ0n) is 16.3. The minimum Gasteiger partial charge on any atom is -0.306 e. The molecule has 4 aromatic rings. The molecule has 0 bridgehead atoms. The van der Waals surface area contributed by atoms with Crippen LogP contribution in [0.4, 0.5) is 0 Å². The summed E-state index contributed by atoms with van der Waals surface area (Å²) in [7, 11) is 0. The first-order chi connectivity index (χ1) is 14.4. The fourth-order valence-corrected chi connectivity index (χ4v) is 5.02. The molecule has 29 heavy (non-hydrogen) atoms. The van der Waals surface area contributed by atoms with Gasteiger partial charge in [-0.3, -0.25) is 0 Å². The van der Waals surface area contributed by atoms with Crippen molar-refractivity contribution in [2.45, 2.75) is 25.2 Å². The number of para-hydroxylation sites is 1. The molecule has 1 heterocycles. The van der Waals surface area contributed by atoms with Crippen molar-refractivity contribution in [3.05, 3.63) is 107 Å². The van der Waals surface area contributed by atoms with Gasteiger partial charge in [-0.15, -0.1) is 0 Å². The first-order valence-corrected chi connectivity index (χ1v) is 10.4. The highest BCUT2D eigenvalue weighted by Crippen LogP contribution is 2.33. The van der Waals surface area contributed by atoms with Crippen molar-refractivity contribution in [3.63, 3.8) is 0 Å². The van der Waals surface area contributed by atoms with E-state index in [1.807, 2.05) is 18.7 Å². The zero-order valence-corrected chi connectivity index (χ0v) is 16.3. The van der Waals surface area contributed by atoms with Gasteiger partial charge in [0.15, 0.2) is 0 Å². The number of fused-ring (bicyclic) bond motifs is 5. The molecule has 0 N–H and O–H groups in total. The van der Waals surface area contributed by atoms with E-state index in [4.69, 9.17) is 0 Å². The molecule has 0 radical (unpaired) electrons. The van der Waals surface area contributed by atoms with Crippen molar-refractivity contribution < 1.29 is 0 Å². The average molecular weight is 374 g/mol. The Morgan fingerprint density at radius 3 is 2.69 bits per heavy atom. The summed E-state index contributed by atoms with van der Waals surface area (Å²) in [6.45, 7) is 0. The highest BCUT2D eigenvalue weighted by Gasteiger charge is 2.20. The molecule has 0 saturated carbocycles. The predicted molar refractivity (Wildman–Crippen MR) is 118 cm³/mol. The number of rotatable bonds is 2. The normalized spacial score (nSPS) is 16.8. The molecule has 2 aliphatic carbocycles. The Bertz CT molecular complexity index is 1330. The molecule has 0 saturated heterocycles. The van der Waals surface area contributed by atoms with E-state index in [0.717, 1.165) is 19.3 Å². The van der Waals surface area contributed by atoms with Crippen LogP contribution in [0.15, 0.2) is 79.4 Å². The first-order valence-electron chi connectivity index (χ1n) is 10.4. The lowest BCUT2D eigenvalue weighted by molar-refractivity contribution is 0.879. The van der Waals surface area contributed by atoms with E-state index in [1.54, 1.807) is 0 Å². The fourth-order valence-electron chi connectivity index (χ4n) is 5.02. The number of aromatic nitrogens is 2. The van der Waals surface area contributed by atoms with Crippen LogP contribution in [0.3, 0.4) is 0 Å². The van der Waals surface area contributed by atoms with Crippen LogP contribution >= 0.6 is 0 Å². The minimum absolute atomic E-state index is 0.379. The molecule has 0 amide bonds. The average Bonchev–Trinajstić information content (AvgIpc) is 3.33. The van der Waals surface area contributed by atoms with E-state index >= 15 is 0 Å². The summed E-state index contributed by atoms with van der Waals surface area (Å²) >= 11 is 0. The van der Waals surface area contributed by atoms with Gasteiger partial charge < -0.3 is 4.57 Å². The second-order valence-corrected chi connectivity index (χ2v) is 7.99. The summed E-state index contributed by atoms with van der Waals surface area (Å²) in [5.41, 5.74) is 8.40. The summed E-state index contributed by atoms with van der Waals surface area (Å²) in [5, 5.41) is 2.83. The maximum atomic E-state index is 4.24. The molecule has 6 rings (SSSR count). The molecule has 2 aliphatic rings. The van der Waals surface area contributed by atoms with Gasteiger partial charge in [0.25, 0.3) is 0 Å². The van der Waals surface area contributed by atoms with Gasteiger partial charge in [-0.25, -0.2) is 4.98 Å². The van der Waals surface area contributed by atoms with E-state index in [9.17, 15) is 0 Å². The molecule has 1 atom stereocenters. The smallest absolute Gasteiger partial charge is 0.0991 e. The Balaban J connectivity index is 1.53. The van der Waals surface area contributed by atoms with Gasteiger partial charge >= 0.3 is 0 Å². The maximum absolute atomic E-state index is 4.24. The first kappa shape index (κ1) is 16.6. The molecule has 1 aromatic heterocycles. The van der Waals surface area contributed by atoms with Crippen molar-refractivity contribution in [2.24, 2.45) is 0 Å². The zero-order chi connectivity index (χ0) is 19.2. The molecule has 0 aliphatic heterocycles. The van der Waals surface area contributed by atoms with Gasteiger partial charge in [-0.1, -0.05) is 66.7 Å². The summed E-state index contributed by atoms with van der Waals surface area (Å²) in [6, 6.07) is 22.2. The van der Waals surface area contributed by atoms with Crippen LogP contribution in [0.1, 0.15) is 29.0 Å². The third kappa shape index (κ3) is 2.67. The van der Waals surface area contributed by atoms with Gasteiger partial charge in [-0.2, -0.15) is 0 Å². The van der Waals surface area contributed by atoms with E-state index in [0.29, 0.717) is 5.92 Å². The SMILES string of the molecule is C1=c2ccc3c(c2=CC(c2ccccc2-n2ccnc2)C1)CCc1ccccc1-3. The van der Waals surface area contributed by atoms with Crippen molar-refractivity contribution in [1.82, 2.24) is 9.55 Å². The Morgan fingerprint density at radius 1 is 0.862 bits per heavy atom. The number of hydrogen-bond donors (Lipinski definition) is 0. The molecule has 1 unspecified atom stereocenters. The van der Waals surface area contributed by atoms with Crippen LogP contribution in [0.5, 0.6) is 0 Å². The van der Waals surface area contributed by atoms with Crippen LogP contribution in [0.2, 0.25) is 0 Å². The van der Waals surface area contributed by atoms with Gasteiger partial charge in [0.05, 0.1) is 12.0 Å². The molecule has 0 fully saturated rings. The van der Waals surface area contributed by atoms with Crippen molar-refractivity contribution >= 4 is 12.2 Å².